The average molecular weight is 310 g/mol. The molecular weight excluding hydrogens is 284 g/mol. The molecule has 3 unspecified atom stereocenters. The predicted molar refractivity (Wildman–Crippen MR) is 86.5 cm³/mol. The highest BCUT2D eigenvalue weighted by Gasteiger charge is 2.27. The van der Waals surface area contributed by atoms with Gasteiger partial charge in [0.2, 0.25) is 10.0 Å². The Bertz CT molecular complexity index is 530. The van der Waals surface area contributed by atoms with Gasteiger partial charge in [0.05, 0.1) is 5.75 Å². The van der Waals surface area contributed by atoms with Crippen LogP contribution in [-0.2, 0) is 10.0 Å². The van der Waals surface area contributed by atoms with Crippen LogP contribution >= 0.6 is 0 Å². The first-order valence-corrected chi connectivity index (χ1v) is 9.39. The Kier molecular flexibility index (Phi) is 5.79. The third kappa shape index (κ3) is 4.80. The molecule has 0 radical (unpaired) electrons. The van der Waals surface area contributed by atoms with E-state index in [9.17, 15) is 8.42 Å². The van der Waals surface area contributed by atoms with Crippen molar-refractivity contribution in [2.24, 2.45) is 17.6 Å². The van der Waals surface area contributed by atoms with E-state index in [1.807, 2.05) is 37.3 Å². The fourth-order valence-corrected chi connectivity index (χ4v) is 4.63. The Morgan fingerprint density at radius 1 is 1.24 bits per heavy atom. The van der Waals surface area contributed by atoms with Gasteiger partial charge in [-0.15, -0.1) is 0 Å². The van der Waals surface area contributed by atoms with E-state index in [0.717, 1.165) is 24.8 Å². The van der Waals surface area contributed by atoms with Gasteiger partial charge in [-0.3, -0.25) is 0 Å². The van der Waals surface area contributed by atoms with Crippen molar-refractivity contribution in [1.82, 2.24) is 4.72 Å². The summed E-state index contributed by atoms with van der Waals surface area (Å²) < 4.78 is 27.2. The first-order valence-electron chi connectivity index (χ1n) is 7.74. The van der Waals surface area contributed by atoms with E-state index in [1.54, 1.807) is 0 Å². The maximum atomic E-state index is 12.2. The zero-order valence-electron chi connectivity index (χ0n) is 12.7. The number of nitrogens with two attached hydrogens (primary N) is 1. The van der Waals surface area contributed by atoms with Crippen LogP contribution < -0.4 is 10.5 Å². The van der Waals surface area contributed by atoms with E-state index in [2.05, 4.69) is 4.72 Å². The van der Waals surface area contributed by atoms with Crippen LogP contribution in [0, 0.1) is 11.8 Å². The van der Waals surface area contributed by atoms with Crippen molar-refractivity contribution >= 4 is 10.0 Å². The van der Waals surface area contributed by atoms with Gasteiger partial charge in [-0.25, -0.2) is 13.1 Å². The zero-order valence-corrected chi connectivity index (χ0v) is 13.5. The molecule has 1 aliphatic rings. The van der Waals surface area contributed by atoms with Crippen molar-refractivity contribution in [3.8, 4) is 0 Å². The van der Waals surface area contributed by atoms with Crippen LogP contribution in [0.4, 0.5) is 0 Å². The molecule has 1 aromatic rings. The molecule has 21 heavy (non-hydrogen) atoms. The molecule has 1 saturated carbocycles. The lowest BCUT2D eigenvalue weighted by atomic mass is 9.97. The van der Waals surface area contributed by atoms with Gasteiger partial charge in [0.15, 0.2) is 0 Å². The average Bonchev–Trinajstić information content (AvgIpc) is 2.93. The van der Waals surface area contributed by atoms with Crippen LogP contribution in [0.3, 0.4) is 0 Å². The molecule has 118 valence electrons. The van der Waals surface area contributed by atoms with Crippen LogP contribution in [0.15, 0.2) is 30.3 Å². The van der Waals surface area contributed by atoms with Crippen molar-refractivity contribution in [2.45, 2.75) is 32.1 Å². The van der Waals surface area contributed by atoms with Gasteiger partial charge in [-0.05, 0) is 42.7 Å². The summed E-state index contributed by atoms with van der Waals surface area (Å²) >= 11 is 0. The van der Waals surface area contributed by atoms with Gasteiger partial charge in [0, 0.05) is 6.54 Å². The van der Waals surface area contributed by atoms with Crippen molar-refractivity contribution in [3.05, 3.63) is 35.9 Å². The fourth-order valence-electron chi connectivity index (χ4n) is 3.19. The first kappa shape index (κ1) is 16.5. The molecule has 2 rings (SSSR count). The molecule has 0 aliphatic heterocycles. The van der Waals surface area contributed by atoms with Crippen LogP contribution in [-0.4, -0.2) is 27.3 Å². The second-order valence-corrected chi connectivity index (χ2v) is 7.98. The van der Waals surface area contributed by atoms with Gasteiger partial charge in [0.1, 0.15) is 0 Å². The summed E-state index contributed by atoms with van der Waals surface area (Å²) in [5.41, 5.74) is 6.80. The minimum Gasteiger partial charge on any atom is -0.330 e. The van der Waals surface area contributed by atoms with Gasteiger partial charge < -0.3 is 5.73 Å². The third-order valence-corrected chi connectivity index (χ3v) is 6.07. The monoisotopic (exact) mass is 310 g/mol. The molecule has 1 fully saturated rings. The molecule has 1 aliphatic carbocycles. The van der Waals surface area contributed by atoms with Gasteiger partial charge in [0.25, 0.3) is 0 Å². The largest absolute Gasteiger partial charge is 0.330 e. The number of hydrogen-bond donors (Lipinski definition) is 2. The molecule has 1 aromatic carbocycles. The Morgan fingerprint density at radius 2 is 1.90 bits per heavy atom. The summed E-state index contributed by atoms with van der Waals surface area (Å²) in [7, 11) is -3.24. The molecular formula is C16H26N2O2S. The number of hydrogen-bond acceptors (Lipinski definition) is 3. The van der Waals surface area contributed by atoms with Gasteiger partial charge in [-0.2, -0.15) is 0 Å². The number of benzene rings is 1. The highest BCUT2D eigenvalue weighted by molar-refractivity contribution is 7.89. The maximum absolute atomic E-state index is 12.2. The number of sulfonamides is 1. The molecule has 3 N–H and O–H groups in total. The van der Waals surface area contributed by atoms with E-state index >= 15 is 0 Å². The highest BCUT2D eigenvalue weighted by atomic mass is 32.2. The van der Waals surface area contributed by atoms with Crippen LogP contribution in [0.25, 0.3) is 0 Å². The minimum atomic E-state index is -3.24. The Labute approximate surface area is 128 Å². The molecule has 0 bridgehead atoms. The summed E-state index contributed by atoms with van der Waals surface area (Å²) in [4.78, 5) is 0. The van der Waals surface area contributed by atoms with E-state index in [4.69, 9.17) is 5.73 Å². The summed E-state index contributed by atoms with van der Waals surface area (Å²) in [6.07, 6.45) is 3.37. The fraction of sp³-hybridized carbons (Fsp3) is 0.625. The molecule has 0 spiro atoms. The highest BCUT2D eigenvalue weighted by Crippen LogP contribution is 2.30. The minimum absolute atomic E-state index is 0.00224. The Hall–Kier alpha value is -0.910. The molecule has 5 heteroatoms. The van der Waals surface area contributed by atoms with Gasteiger partial charge in [-0.1, -0.05) is 43.7 Å². The quantitative estimate of drug-likeness (QED) is 0.810. The molecule has 0 amide bonds. The Morgan fingerprint density at radius 3 is 2.57 bits per heavy atom. The van der Waals surface area contributed by atoms with Crippen LogP contribution in [0.1, 0.15) is 37.7 Å². The lowest BCUT2D eigenvalue weighted by Crippen LogP contribution is -2.35. The SMILES string of the molecule is CC(CS(=O)(=O)NCC1CCCC1CN)c1ccccc1. The third-order valence-electron chi connectivity index (χ3n) is 4.52. The van der Waals surface area contributed by atoms with Crippen molar-refractivity contribution < 1.29 is 8.42 Å². The van der Waals surface area contributed by atoms with Crippen molar-refractivity contribution in [2.75, 3.05) is 18.8 Å². The number of nitrogens with one attached hydrogen (secondary N) is 1. The summed E-state index contributed by atoms with van der Waals surface area (Å²) in [5.74, 6) is 1.01. The molecule has 4 nitrogen and oxygen atoms in total. The van der Waals surface area contributed by atoms with Gasteiger partial charge >= 0.3 is 0 Å². The van der Waals surface area contributed by atoms with E-state index in [-0.39, 0.29) is 11.7 Å². The van der Waals surface area contributed by atoms with Crippen molar-refractivity contribution in [1.29, 1.82) is 0 Å². The standard InChI is InChI=1S/C16H26N2O2S/c1-13(14-6-3-2-4-7-14)12-21(19,20)18-11-16-9-5-8-15(16)10-17/h2-4,6-7,13,15-16,18H,5,8-12,17H2,1H3. The Balaban J connectivity index is 1.87. The lowest BCUT2D eigenvalue weighted by molar-refractivity contribution is 0.393. The number of rotatable bonds is 7. The van der Waals surface area contributed by atoms with E-state index in [0.29, 0.717) is 24.9 Å². The normalized spacial score (nSPS) is 24.1. The second kappa shape index (κ2) is 7.38. The predicted octanol–water partition coefficient (Wildman–Crippen LogP) is 2.08. The smallest absolute Gasteiger partial charge is 0.212 e. The van der Waals surface area contributed by atoms with E-state index in [1.165, 1.54) is 0 Å². The van der Waals surface area contributed by atoms with Crippen molar-refractivity contribution in [3.63, 3.8) is 0 Å². The first-order chi connectivity index (χ1) is 10.0. The molecule has 0 heterocycles. The van der Waals surface area contributed by atoms with E-state index < -0.39 is 10.0 Å². The maximum Gasteiger partial charge on any atom is 0.212 e. The van der Waals surface area contributed by atoms with Crippen LogP contribution in [0.2, 0.25) is 0 Å². The molecule has 0 aromatic heterocycles. The second-order valence-electron chi connectivity index (χ2n) is 6.13. The van der Waals surface area contributed by atoms with Crippen LogP contribution in [0.5, 0.6) is 0 Å². The molecule has 3 atom stereocenters. The topological polar surface area (TPSA) is 72.2 Å². The molecule has 0 saturated heterocycles. The summed E-state index contributed by atoms with van der Waals surface area (Å²) in [5, 5.41) is 0. The summed E-state index contributed by atoms with van der Waals surface area (Å²) in [6.45, 7) is 3.14. The summed E-state index contributed by atoms with van der Waals surface area (Å²) in [6, 6.07) is 9.77. The zero-order chi connectivity index (χ0) is 15.3. The lowest BCUT2D eigenvalue weighted by Gasteiger charge is -2.19.